The monoisotopic (exact) mass is 416 g/mol. The van der Waals surface area contributed by atoms with Gasteiger partial charge in [0.25, 0.3) is 0 Å². The minimum absolute atomic E-state index is 0.104. The van der Waals surface area contributed by atoms with Crippen LogP contribution in [0.1, 0.15) is 77.1 Å². The summed E-state index contributed by atoms with van der Waals surface area (Å²) in [6.45, 7) is 14.6. The Morgan fingerprint density at radius 3 is 2.52 bits per heavy atom. The topological polar surface area (TPSA) is 56.3 Å². The molecule has 2 N–H and O–H groups in total. The van der Waals surface area contributed by atoms with Gasteiger partial charge in [-0.3, -0.25) is 0 Å². The first-order valence-electron chi connectivity index (χ1n) is 10.6. The molecule has 3 rings (SSSR count). The second-order valence-corrected chi connectivity index (χ2v) is 12.3. The highest BCUT2D eigenvalue weighted by molar-refractivity contribution is 7.90. The Labute approximate surface area is 179 Å². The van der Waals surface area contributed by atoms with Crippen LogP contribution in [0.4, 0.5) is 0 Å². The number of piperidine rings is 1. The van der Waals surface area contributed by atoms with E-state index in [9.17, 15) is 4.55 Å². The molecule has 0 amide bonds. The van der Waals surface area contributed by atoms with E-state index in [0.29, 0.717) is 6.61 Å². The third kappa shape index (κ3) is 5.57. The van der Waals surface area contributed by atoms with Crippen molar-refractivity contribution in [2.75, 3.05) is 19.7 Å². The predicted molar refractivity (Wildman–Crippen MR) is 121 cm³/mol. The Balaban J connectivity index is 1.86. The number of benzene rings is 1. The highest BCUT2D eigenvalue weighted by Crippen LogP contribution is 2.51. The van der Waals surface area contributed by atoms with Crippen molar-refractivity contribution in [1.82, 2.24) is 10.0 Å². The average molecular weight is 417 g/mol. The molecule has 0 saturated carbocycles. The van der Waals surface area contributed by atoms with Gasteiger partial charge in [0.2, 0.25) is 0 Å². The molecule has 2 aliphatic rings. The van der Waals surface area contributed by atoms with Gasteiger partial charge in [-0.25, -0.2) is 0 Å². The molecule has 1 aromatic rings. The van der Waals surface area contributed by atoms with Crippen molar-refractivity contribution in [3.05, 3.63) is 34.9 Å². The minimum Gasteiger partial charge on any atom is -0.598 e. The Morgan fingerprint density at radius 2 is 1.90 bits per heavy atom. The first-order chi connectivity index (χ1) is 13.5. The Bertz CT molecular complexity index is 777. The van der Waals surface area contributed by atoms with Crippen LogP contribution in [0, 0.1) is 17.3 Å². The van der Waals surface area contributed by atoms with Crippen molar-refractivity contribution >= 4 is 11.4 Å². The smallest absolute Gasteiger partial charge is 0.136 e. The third-order valence-corrected chi connectivity index (χ3v) is 7.36. The van der Waals surface area contributed by atoms with Gasteiger partial charge in [0.1, 0.15) is 11.4 Å². The van der Waals surface area contributed by atoms with Crippen LogP contribution in [-0.2, 0) is 22.5 Å². The second-order valence-electron chi connectivity index (χ2n) is 10.3. The molecule has 0 bridgehead atoms. The molecule has 1 saturated heterocycles. The molecule has 1 aliphatic carbocycles. The summed E-state index contributed by atoms with van der Waals surface area (Å²) in [7, 11) is 0. The van der Waals surface area contributed by atoms with Crippen molar-refractivity contribution in [3.8, 4) is 11.8 Å². The Kier molecular flexibility index (Phi) is 6.72. The van der Waals surface area contributed by atoms with E-state index in [2.05, 4.69) is 40.1 Å². The highest BCUT2D eigenvalue weighted by atomic mass is 32.2. The first kappa shape index (κ1) is 22.7. The van der Waals surface area contributed by atoms with Crippen molar-refractivity contribution < 1.29 is 9.29 Å². The minimum atomic E-state index is -1.11. The van der Waals surface area contributed by atoms with Gasteiger partial charge in [-0.05, 0) is 97.2 Å². The molecule has 4 nitrogen and oxygen atoms in total. The summed E-state index contributed by atoms with van der Waals surface area (Å²) in [6.07, 6.45) is 3.24. The molecule has 1 aliphatic heterocycles. The molecule has 0 radical (unpaired) electrons. The zero-order valence-corrected chi connectivity index (χ0v) is 19.6. The van der Waals surface area contributed by atoms with Gasteiger partial charge in [-0.1, -0.05) is 17.9 Å². The van der Waals surface area contributed by atoms with Gasteiger partial charge in [-0.15, -0.1) is 4.72 Å². The Hall–Kier alpha value is -1.03. The molecule has 1 fully saturated rings. The third-order valence-electron chi connectivity index (χ3n) is 5.80. The van der Waals surface area contributed by atoms with Gasteiger partial charge in [0.15, 0.2) is 0 Å². The van der Waals surface area contributed by atoms with Crippen LogP contribution >= 0.6 is 0 Å². The predicted octanol–water partition coefficient (Wildman–Crippen LogP) is 3.87. The summed E-state index contributed by atoms with van der Waals surface area (Å²) >= 11 is -1.11. The van der Waals surface area contributed by atoms with Crippen LogP contribution in [0.2, 0.25) is 0 Å². The normalized spacial score (nSPS) is 22.1. The molecule has 0 aromatic heterocycles. The number of hydrogen-bond donors (Lipinski definition) is 2. The molecule has 1 spiro atoms. The second kappa shape index (κ2) is 8.61. The Morgan fingerprint density at radius 1 is 1.21 bits per heavy atom. The van der Waals surface area contributed by atoms with Crippen LogP contribution in [-0.4, -0.2) is 34.6 Å². The SMILES string of the molecule is CC(C)(C)OCC#Cc1ccc2c(c1)[C@@H](N[S@+]([O-])C(C)(C)C)C1(CCNCC1)C2. The van der Waals surface area contributed by atoms with Gasteiger partial charge in [0.05, 0.1) is 11.6 Å². The lowest BCUT2D eigenvalue weighted by molar-refractivity contribution is 0.0181. The van der Waals surface area contributed by atoms with Crippen molar-refractivity contribution in [1.29, 1.82) is 0 Å². The molecular formula is C24H36N2O2S. The van der Waals surface area contributed by atoms with E-state index in [1.807, 2.05) is 41.5 Å². The van der Waals surface area contributed by atoms with Crippen LogP contribution < -0.4 is 10.0 Å². The number of rotatable bonds is 3. The molecule has 1 aromatic carbocycles. The van der Waals surface area contributed by atoms with Crippen molar-refractivity contribution in [3.63, 3.8) is 0 Å². The zero-order chi connectivity index (χ0) is 21.3. The summed E-state index contributed by atoms with van der Waals surface area (Å²) in [4.78, 5) is 0. The number of hydrogen-bond acceptors (Lipinski definition) is 4. The van der Waals surface area contributed by atoms with Crippen LogP contribution in [0.15, 0.2) is 18.2 Å². The maximum absolute atomic E-state index is 13.0. The number of ether oxygens (including phenoxy) is 1. The lowest BCUT2D eigenvalue weighted by atomic mass is 9.73. The van der Waals surface area contributed by atoms with E-state index in [4.69, 9.17) is 4.74 Å². The van der Waals surface area contributed by atoms with Gasteiger partial charge < -0.3 is 14.6 Å². The van der Waals surface area contributed by atoms with E-state index < -0.39 is 11.4 Å². The molecule has 0 unspecified atom stereocenters. The molecular weight excluding hydrogens is 380 g/mol. The summed E-state index contributed by atoms with van der Waals surface area (Å²) in [5.74, 6) is 6.39. The largest absolute Gasteiger partial charge is 0.598 e. The molecule has 160 valence electrons. The molecule has 2 atom stereocenters. The van der Waals surface area contributed by atoms with Gasteiger partial charge in [-0.2, -0.15) is 0 Å². The fourth-order valence-electron chi connectivity index (χ4n) is 4.17. The fraction of sp³-hybridized carbons (Fsp3) is 0.667. The summed E-state index contributed by atoms with van der Waals surface area (Å²) in [6, 6.07) is 6.64. The number of fused-ring (bicyclic) bond motifs is 1. The highest BCUT2D eigenvalue weighted by Gasteiger charge is 2.49. The summed E-state index contributed by atoms with van der Waals surface area (Å²) in [5.41, 5.74) is 3.59. The van der Waals surface area contributed by atoms with E-state index in [0.717, 1.165) is 37.9 Å². The summed E-state index contributed by atoms with van der Waals surface area (Å²) < 4.78 is 21.9. The standard InChI is InChI=1S/C24H36N2O2S/c1-22(2,3)28-15-7-8-18-9-10-19-17-24(11-13-25-14-12-24)21(20(19)16-18)26-29(27)23(4,5)6/h9-10,16,21,25-26H,11-15,17H2,1-6H3/t21-,29-/m1/s1. The summed E-state index contributed by atoms with van der Waals surface area (Å²) in [5, 5.41) is 3.48. The average Bonchev–Trinajstić information content (AvgIpc) is 2.90. The molecule has 29 heavy (non-hydrogen) atoms. The molecule has 1 heterocycles. The number of nitrogens with one attached hydrogen (secondary N) is 2. The lowest BCUT2D eigenvalue weighted by Crippen LogP contribution is -2.48. The van der Waals surface area contributed by atoms with E-state index in [1.165, 1.54) is 11.1 Å². The van der Waals surface area contributed by atoms with Crippen LogP contribution in [0.5, 0.6) is 0 Å². The van der Waals surface area contributed by atoms with Gasteiger partial charge in [0, 0.05) is 22.3 Å². The van der Waals surface area contributed by atoms with E-state index >= 15 is 0 Å². The maximum Gasteiger partial charge on any atom is 0.136 e. The van der Waals surface area contributed by atoms with Crippen LogP contribution in [0.3, 0.4) is 0 Å². The van der Waals surface area contributed by atoms with Crippen LogP contribution in [0.25, 0.3) is 0 Å². The molecule has 5 heteroatoms. The lowest BCUT2D eigenvalue weighted by Gasteiger charge is -2.40. The first-order valence-corrected chi connectivity index (χ1v) is 11.8. The zero-order valence-electron chi connectivity index (χ0n) is 18.8. The van der Waals surface area contributed by atoms with Gasteiger partial charge >= 0.3 is 0 Å². The van der Waals surface area contributed by atoms with E-state index in [-0.39, 0.29) is 21.8 Å². The fourth-order valence-corrected chi connectivity index (χ4v) is 5.11. The van der Waals surface area contributed by atoms with E-state index in [1.54, 1.807) is 0 Å². The maximum atomic E-state index is 13.0. The van der Waals surface area contributed by atoms with Crippen molar-refractivity contribution in [2.24, 2.45) is 5.41 Å². The van der Waals surface area contributed by atoms with Crippen molar-refractivity contribution in [2.45, 2.75) is 77.2 Å². The quantitative estimate of drug-likeness (QED) is 0.580.